The lowest BCUT2D eigenvalue weighted by Gasteiger charge is -2.19. The summed E-state index contributed by atoms with van der Waals surface area (Å²) in [4.78, 5) is 24.8. The molecule has 0 aliphatic rings. The summed E-state index contributed by atoms with van der Waals surface area (Å²) in [7, 11) is 1.64. The number of rotatable bonds is 5. The van der Waals surface area contributed by atoms with E-state index in [1.165, 1.54) is 11.8 Å². The molecule has 0 aliphatic carbocycles. The zero-order chi connectivity index (χ0) is 16.1. The molecule has 22 heavy (non-hydrogen) atoms. The van der Waals surface area contributed by atoms with E-state index in [-0.39, 0.29) is 11.8 Å². The van der Waals surface area contributed by atoms with Crippen molar-refractivity contribution < 1.29 is 14.3 Å². The number of amides is 2. The molecule has 2 amide bonds. The summed E-state index contributed by atoms with van der Waals surface area (Å²) < 4.78 is 5.28. The number of benzene rings is 2. The maximum atomic E-state index is 11.8. The molecule has 0 aliphatic heterocycles. The van der Waals surface area contributed by atoms with E-state index in [1.807, 2.05) is 36.4 Å². The molecule has 116 valence electrons. The number of ether oxygens (including phenoxy) is 1. The van der Waals surface area contributed by atoms with Gasteiger partial charge in [0, 0.05) is 19.9 Å². The van der Waals surface area contributed by atoms with Crippen LogP contribution in [0.25, 0.3) is 10.8 Å². The molecule has 0 unspecified atom stereocenters. The SMILES string of the molecule is CCC(=O)N(CCc1cccc2ccc(OC)cc12)C(C)=O. The molecule has 2 aromatic rings. The highest BCUT2D eigenvalue weighted by molar-refractivity contribution is 5.94. The van der Waals surface area contributed by atoms with Gasteiger partial charge in [-0.15, -0.1) is 0 Å². The fourth-order valence-corrected chi connectivity index (χ4v) is 2.54. The van der Waals surface area contributed by atoms with Gasteiger partial charge in [0.1, 0.15) is 5.75 Å². The molecule has 0 spiro atoms. The Morgan fingerprint density at radius 3 is 2.59 bits per heavy atom. The van der Waals surface area contributed by atoms with Crippen molar-refractivity contribution in [1.82, 2.24) is 4.90 Å². The molecule has 0 bridgehead atoms. The molecule has 0 heterocycles. The minimum absolute atomic E-state index is 0.134. The van der Waals surface area contributed by atoms with Gasteiger partial charge in [-0.1, -0.05) is 31.2 Å². The van der Waals surface area contributed by atoms with E-state index in [4.69, 9.17) is 4.74 Å². The smallest absolute Gasteiger partial charge is 0.228 e. The molecule has 4 nitrogen and oxygen atoms in total. The van der Waals surface area contributed by atoms with E-state index in [1.54, 1.807) is 14.0 Å². The molecule has 0 fully saturated rings. The van der Waals surface area contributed by atoms with Crippen molar-refractivity contribution in [1.29, 1.82) is 0 Å². The van der Waals surface area contributed by atoms with Crippen LogP contribution < -0.4 is 4.74 Å². The van der Waals surface area contributed by atoms with Gasteiger partial charge in [-0.25, -0.2) is 0 Å². The van der Waals surface area contributed by atoms with Crippen LogP contribution in [0.3, 0.4) is 0 Å². The van der Waals surface area contributed by atoms with Crippen LogP contribution in [0.2, 0.25) is 0 Å². The summed E-state index contributed by atoms with van der Waals surface area (Å²) in [5, 5.41) is 2.21. The lowest BCUT2D eigenvalue weighted by atomic mass is 10.0. The van der Waals surface area contributed by atoms with Gasteiger partial charge in [-0.3, -0.25) is 14.5 Å². The number of hydrogen-bond donors (Lipinski definition) is 0. The van der Waals surface area contributed by atoms with Crippen molar-refractivity contribution in [2.45, 2.75) is 26.7 Å². The Morgan fingerprint density at radius 1 is 1.18 bits per heavy atom. The Morgan fingerprint density at radius 2 is 1.95 bits per heavy atom. The topological polar surface area (TPSA) is 46.6 Å². The van der Waals surface area contributed by atoms with Gasteiger partial charge in [0.15, 0.2) is 0 Å². The average molecular weight is 299 g/mol. The van der Waals surface area contributed by atoms with Crippen molar-refractivity contribution in [2.24, 2.45) is 0 Å². The average Bonchev–Trinajstić information content (AvgIpc) is 2.54. The summed E-state index contributed by atoms with van der Waals surface area (Å²) in [6, 6.07) is 12.0. The molecule has 2 rings (SSSR count). The van der Waals surface area contributed by atoms with Gasteiger partial charge in [-0.2, -0.15) is 0 Å². The van der Waals surface area contributed by atoms with Gasteiger partial charge in [-0.05, 0) is 34.9 Å². The monoisotopic (exact) mass is 299 g/mol. The Hall–Kier alpha value is -2.36. The van der Waals surface area contributed by atoms with Crippen LogP contribution in [0.5, 0.6) is 5.75 Å². The lowest BCUT2D eigenvalue weighted by molar-refractivity contribution is -0.143. The van der Waals surface area contributed by atoms with E-state index in [2.05, 4.69) is 0 Å². The molecule has 0 N–H and O–H groups in total. The molecule has 4 heteroatoms. The third kappa shape index (κ3) is 3.45. The van der Waals surface area contributed by atoms with E-state index in [9.17, 15) is 9.59 Å². The predicted molar refractivity (Wildman–Crippen MR) is 86.9 cm³/mol. The number of hydrogen-bond acceptors (Lipinski definition) is 3. The number of carbonyl (C=O) groups excluding carboxylic acids is 2. The number of methoxy groups -OCH3 is 1. The quantitative estimate of drug-likeness (QED) is 0.852. The summed E-state index contributed by atoms with van der Waals surface area (Å²) >= 11 is 0. The van der Waals surface area contributed by atoms with Crippen molar-refractivity contribution in [2.75, 3.05) is 13.7 Å². The second-order valence-electron chi connectivity index (χ2n) is 5.17. The second kappa shape index (κ2) is 7.07. The van der Waals surface area contributed by atoms with E-state index in [0.717, 1.165) is 22.1 Å². The van der Waals surface area contributed by atoms with Crippen LogP contribution in [0.1, 0.15) is 25.8 Å². The lowest BCUT2D eigenvalue weighted by Crippen LogP contribution is -2.36. The summed E-state index contributed by atoms with van der Waals surface area (Å²) in [5.41, 5.74) is 1.10. The van der Waals surface area contributed by atoms with Crippen LogP contribution in [0, 0.1) is 0 Å². The Bertz CT molecular complexity index is 694. The molecular weight excluding hydrogens is 278 g/mol. The number of imide groups is 1. The number of carbonyl (C=O) groups is 2. The zero-order valence-electron chi connectivity index (χ0n) is 13.3. The van der Waals surface area contributed by atoms with Crippen molar-refractivity contribution in [3.05, 3.63) is 42.0 Å². The highest BCUT2D eigenvalue weighted by atomic mass is 16.5. The fraction of sp³-hybridized carbons (Fsp3) is 0.333. The summed E-state index contributed by atoms with van der Waals surface area (Å²) in [6.07, 6.45) is 0.971. The molecule has 0 radical (unpaired) electrons. The highest BCUT2D eigenvalue weighted by Crippen LogP contribution is 2.24. The van der Waals surface area contributed by atoms with E-state index >= 15 is 0 Å². The van der Waals surface area contributed by atoms with Gasteiger partial charge in [0.25, 0.3) is 0 Å². The van der Waals surface area contributed by atoms with E-state index in [0.29, 0.717) is 19.4 Å². The van der Waals surface area contributed by atoms with Gasteiger partial charge in [0.05, 0.1) is 7.11 Å². The van der Waals surface area contributed by atoms with Crippen LogP contribution in [-0.2, 0) is 16.0 Å². The molecule has 0 atom stereocenters. The minimum Gasteiger partial charge on any atom is -0.497 e. The van der Waals surface area contributed by atoms with Crippen molar-refractivity contribution in [3.8, 4) is 5.75 Å². The molecule has 0 saturated heterocycles. The fourth-order valence-electron chi connectivity index (χ4n) is 2.54. The standard InChI is InChI=1S/C18H21NO3/c1-4-18(21)19(13(2)20)11-10-15-7-5-6-14-8-9-16(22-3)12-17(14)15/h5-9,12H,4,10-11H2,1-3H3. The first-order chi connectivity index (χ1) is 10.6. The van der Waals surface area contributed by atoms with Gasteiger partial charge in [0.2, 0.25) is 11.8 Å². The maximum absolute atomic E-state index is 11.8. The maximum Gasteiger partial charge on any atom is 0.228 e. The van der Waals surface area contributed by atoms with Crippen molar-refractivity contribution >= 4 is 22.6 Å². The zero-order valence-corrected chi connectivity index (χ0v) is 13.3. The molecule has 0 saturated carbocycles. The predicted octanol–water partition coefficient (Wildman–Crippen LogP) is 3.18. The number of fused-ring (bicyclic) bond motifs is 1. The Kier molecular flexibility index (Phi) is 5.15. The minimum atomic E-state index is -0.204. The number of nitrogens with zero attached hydrogens (tertiary/aromatic N) is 1. The largest absolute Gasteiger partial charge is 0.497 e. The normalized spacial score (nSPS) is 10.5. The van der Waals surface area contributed by atoms with E-state index < -0.39 is 0 Å². The summed E-state index contributed by atoms with van der Waals surface area (Å²) in [6.45, 7) is 3.60. The van der Waals surface area contributed by atoms with Crippen LogP contribution >= 0.6 is 0 Å². The summed E-state index contributed by atoms with van der Waals surface area (Å²) in [5.74, 6) is 0.461. The Labute approximate surface area is 130 Å². The van der Waals surface area contributed by atoms with Crippen LogP contribution in [0.15, 0.2) is 36.4 Å². The third-order valence-corrected chi connectivity index (χ3v) is 3.77. The second-order valence-corrected chi connectivity index (χ2v) is 5.17. The van der Waals surface area contributed by atoms with Crippen molar-refractivity contribution in [3.63, 3.8) is 0 Å². The first-order valence-electron chi connectivity index (χ1n) is 7.43. The highest BCUT2D eigenvalue weighted by Gasteiger charge is 2.16. The van der Waals surface area contributed by atoms with Gasteiger partial charge >= 0.3 is 0 Å². The molecule has 0 aromatic heterocycles. The first kappa shape index (κ1) is 16.0. The van der Waals surface area contributed by atoms with Crippen LogP contribution in [-0.4, -0.2) is 30.4 Å². The third-order valence-electron chi connectivity index (χ3n) is 3.77. The first-order valence-corrected chi connectivity index (χ1v) is 7.43. The van der Waals surface area contributed by atoms with Crippen LogP contribution in [0.4, 0.5) is 0 Å². The molecule has 2 aromatic carbocycles. The van der Waals surface area contributed by atoms with Gasteiger partial charge < -0.3 is 4.74 Å². The Balaban J connectivity index is 2.27. The molecular formula is C18H21NO3.